The zero-order chi connectivity index (χ0) is 10.6. The van der Waals surface area contributed by atoms with Gasteiger partial charge in [-0.3, -0.25) is 10.3 Å². The maximum absolute atomic E-state index is 8.70. The minimum Gasteiger partial charge on any atom is -0.288 e. The van der Waals surface area contributed by atoms with Crippen LogP contribution in [0, 0.1) is 16.9 Å². The molecule has 0 spiro atoms. The number of hydrogen-bond acceptors (Lipinski definition) is 3. The molecular weight excluding hydrogens is 200 g/mol. The molecule has 0 amide bonds. The van der Waals surface area contributed by atoms with Crippen LogP contribution in [0.25, 0.3) is 0 Å². The van der Waals surface area contributed by atoms with E-state index in [4.69, 9.17) is 22.3 Å². The van der Waals surface area contributed by atoms with E-state index in [2.05, 4.69) is 4.98 Å². The van der Waals surface area contributed by atoms with Crippen LogP contribution in [-0.4, -0.2) is 15.7 Å². The monoisotopic (exact) mass is 208 g/mol. The minimum atomic E-state index is 0.211. The first-order valence-corrected chi connectivity index (χ1v) is 4.34. The predicted molar refractivity (Wildman–Crippen MR) is 53.8 cm³/mol. The topological polar surface area (TPSA) is 63.8 Å². The molecule has 0 saturated carbocycles. The van der Waals surface area contributed by atoms with E-state index in [0.29, 0.717) is 11.7 Å². The Morgan fingerprint density at radius 3 is 2.86 bits per heavy atom. The molecule has 0 aliphatic carbocycles. The fraction of sp³-hybridized carbons (Fsp3) is 0.222. The van der Waals surface area contributed by atoms with Gasteiger partial charge < -0.3 is 0 Å². The summed E-state index contributed by atoms with van der Waals surface area (Å²) in [6, 6.07) is 3.44. The van der Waals surface area contributed by atoms with Gasteiger partial charge in [0.1, 0.15) is 11.0 Å². The van der Waals surface area contributed by atoms with Crippen LogP contribution in [0.3, 0.4) is 0 Å². The first kappa shape index (κ1) is 10.5. The van der Waals surface area contributed by atoms with Gasteiger partial charge in [-0.15, -0.1) is 0 Å². The normalized spacial score (nSPS) is 9.21. The Labute approximate surface area is 87.3 Å². The van der Waals surface area contributed by atoms with Gasteiger partial charge in [0.05, 0.1) is 6.54 Å². The molecule has 0 bridgehead atoms. The third-order valence-corrected chi connectivity index (χ3v) is 1.88. The van der Waals surface area contributed by atoms with Crippen LogP contribution in [0.5, 0.6) is 0 Å². The molecule has 0 radical (unpaired) electrons. The first-order valence-electron chi connectivity index (χ1n) is 3.96. The zero-order valence-electron chi connectivity index (χ0n) is 7.66. The van der Waals surface area contributed by atoms with Crippen molar-refractivity contribution >= 4 is 17.4 Å². The maximum Gasteiger partial charge on any atom is 0.185 e. The number of halogens is 1. The molecule has 1 rings (SSSR count). The van der Waals surface area contributed by atoms with Gasteiger partial charge in [-0.2, -0.15) is 5.26 Å². The number of nitriles is 1. The third kappa shape index (κ3) is 2.71. The highest BCUT2D eigenvalue weighted by atomic mass is 35.5. The molecule has 1 N–H and O–H groups in total. The van der Waals surface area contributed by atoms with Gasteiger partial charge in [-0.25, -0.2) is 4.98 Å². The average molecular weight is 209 g/mol. The number of nitrogens with zero attached hydrogens (tertiary/aromatic N) is 3. The standard InChI is InChI=1S/C9H9ClN4/c1-7(12)14(6-11)5-8-2-3-9(10)13-4-8/h2-4,12H,5H2,1H3. The van der Waals surface area contributed by atoms with Crippen LogP contribution in [0.4, 0.5) is 0 Å². The lowest BCUT2D eigenvalue weighted by Gasteiger charge is -2.12. The van der Waals surface area contributed by atoms with Crippen molar-refractivity contribution in [1.29, 1.82) is 10.7 Å². The molecule has 0 atom stereocenters. The van der Waals surface area contributed by atoms with Gasteiger partial charge in [0.2, 0.25) is 0 Å². The number of amidine groups is 1. The average Bonchev–Trinajstić information content (AvgIpc) is 2.16. The quantitative estimate of drug-likeness (QED) is 0.266. The van der Waals surface area contributed by atoms with Crippen molar-refractivity contribution in [2.75, 3.05) is 0 Å². The highest BCUT2D eigenvalue weighted by Gasteiger charge is 2.04. The maximum atomic E-state index is 8.70. The summed E-state index contributed by atoms with van der Waals surface area (Å²) in [7, 11) is 0. The van der Waals surface area contributed by atoms with E-state index in [0.717, 1.165) is 5.56 Å². The van der Waals surface area contributed by atoms with Gasteiger partial charge in [0.25, 0.3) is 0 Å². The van der Waals surface area contributed by atoms with Crippen LogP contribution in [0.2, 0.25) is 5.15 Å². The van der Waals surface area contributed by atoms with E-state index in [1.165, 1.54) is 4.90 Å². The molecule has 0 aliphatic heterocycles. The lowest BCUT2D eigenvalue weighted by Crippen LogP contribution is -2.21. The van der Waals surface area contributed by atoms with E-state index in [-0.39, 0.29) is 5.84 Å². The first-order chi connectivity index (χ1) is 6.63. The molecule has 14 heavy (non-hydrogen) atoms. The summed E-state index contributed by atoms with van der Waals surface area (Å²) in [6.07, 6.45) is 3.51. The summed E-state index contributed by atoms with van der Waals surface area (Å²) in [5, 5.41) is 16.4. The summed E-state index contributed by atoms with van der Waals surface area (Å²) in [5.74, 6) is 0.211. The Morgan fingerprint density at radius 1 is 1.71 bits per heavy atom. The zero-order valence-corrected chi connectivity index (χ0v) is 8.41. The largest absolute Gasteiger partial charge is 0.288 e. The fourth-order valence-electron chi connectivity index (χ4n) is 0.911. The Bertz CT molecular complexity index is 365. The van der Waals surface area contributed by atoms with Crippen molar-refractivity contribution in [3.05, 3.63) is 29.0 Å². The smallest absolute Gasteiger partial charge is 0.185 e. The molecular formula is C9H9ClN4. The fourth-order valence-corrected chi connectivity index (χ4v) is 1.02. The number of rotatable bonds is 2. The van der Waals surface area contributed by atoms with Gasteiger partial charge in [-0.05, 0) is 18.6 Å². The summed E-state index contributed by atoms with van der Waals surface area (Å²) >= 11 is 5.61. The van der Waals surface area contributed by atoms with Gasteiger partial charge in [0.15, 0.2) is 6.19 Å². The van der Waals surface area contributed by atoms with Crippen molar-refractivity contribution < 1.29 is 0 Å². The van der Waals surface area contributed by atoms with Crippen LogP contribution in [-0.2, 0) is 6.54 Å². The lowest BCUT2D eigenvalue weighted by molar-refractivity contribution is 0.563. The lowest BCUT2D eigenvalue weighted by atomic mass is 10.3. The summed E-state index contributed by atoms with van der Waals surface area (Å²) < 4.78 is 0. The van der Waals surface area contributed by atoms with Crippen LogP contribution in [0.15, 0.2) is 18.3 Å². The third-order valence-electron chi connectivity index (χ3n) is 1.65. The van der Waals surface area contributed by atoms with Crippen molar-refractivity contribution in [2.45, 2.75) is 13.5 Å². The molecule has 0 saturated heterocycles. The molecule has 1 aromatic heterocycles. The van der Waals surface area contributed by atoms with Crippen molar-refractivity contribution in [2.24, 2.45) is 0 Å². The van der Waals surface area contributed by atoms with Crippen LogP contribution < -0.4 is 0 Å². The molecule has 0 aliphatic rings. The number of aromatic nitrogens is 1. The second-order valence-corrected chi connectivity index (χ2v) is 3.15. The Morgan fingerprint density at radius 2 is 2.43 bits per heavy atom. The van der Waals surface area contributed by atoms with Gasteiger partial charge in [0, 0.05) is 6.20 Å². The van der Waals surface area contributed by atoms with E-state index < -0.39 is 0 Å². The summed E-state index contributed by atoms with van der Waals surface area (Å²) in [4.78, 5) is 5.15. The number of nitrogens with one attached hydrogen (secondary N) is 1. The SMILES string of the molecule is CC(=N)N(C#N)Cc1ccc(Cl)nc1. The Kier molecular flexibility index (Phi) is 3.43. The van der Waals surface area contributed by atoms with Gasteiger partial charge >= 0.3 is 0 Å². The minimum absolute atomic E-state index is 0.211. The molecule has 5 heteroatoms. The molecule has 0 unspecified atom stereocenters. The molecule has 1 heterocycles. The summed E-state index contributed by atoms with van der Waals surface area (Å²) in [6.45, 7) is 1.92. The van der Waals surface area contributed by atoms with Crippen LogP contribution in [0.1, 0.15) is 12.5 Å². The van der Waals surface area contributed by atoms with Gasteiger partial charge in [-0.1, -0.05) is 17.7 Å². The van der Waals surface area contributed by atoms with E-state index >= 15 is 0 Å². The Hall–Kier alpha value is -1.60. The van der Waals surface area contributed by atoms with Crippen LogP contribution >= 0.6 is 11.6 Å². The molecule has 1 aromatic rings. The molecule has 0 aromatic carbocycles. The number of pyridine rings is 1. The number of hydrogen-bond donors (Lipinski definition) is 1. The second-order valence-electron chi connectivity index (χ2n) is 2.76. The highest BCUT2D eigenvalue weighted by molar-refractivity contribution is 6.29. The Balaban J connectivity index is 2.74. The molecule has 72 valence electrons. The van der Waals surface area contributed by atoms with Crippen molar-refractivity contribution in [1.82, 2.24) is 9.88 Å². The molecule has 0 fully saturated rings. The summed E-state index contributed by atoms with van der Waals surface area (Å²) in [5.41, 5.74) is 0.850. The molecule has 4 nitrogen and oxygen atoms in total. The van der Waals surface area contributed by atoms with E-state index in [9.17, 15) is 0 Å². The highest BCUT2D eigenvalue weighted by Crippen LogP contribution is 2.07. The van der Waals surface area contributed by atoms with E-state index in [1.807, 2.05) is 6.19 Å². The predicted octanol–water partition coefficient (Wildman–Crippen LogP) is 2.02. The van der Waals surface area contributed by atoms with Crippen molar-refractivity contribution in [3.63, 3.8) is 0 Å². The van der Waals surface area contributed by atoms with E-state index in [1.54, 1.807) is 25.3 Å². The van der Waals surface area contributed by atoms with Crippen molar-refractivity contribution in [3.8, 4) is 6.19 Å². The second kappa shape index (κ2) is 4.58.